The molecule has 0 saturated carbocycles. The molecule has 0 radical (unpaired) electrons. The molecule has 0 aliphatic carbocycles. The Morgan fingerprint density at radius 2 is 0.945 bits per heavy atom. The van der Waals surface area contributed by atoms with Crippen LogP contribution in [0.2, 0.25) is 0 Å². The quantitative estimate of drug-likeness (QED) is 0.166. The minimum atomic E-state index is 1.11. The number of hydrogen-bond donors (Lipinski definition) is 0. The molecule has 0 amide bonds. The Morgan fingerprint density at radius 1 is 0.364 bits per heavy atom. The molecule has 11 rings (SSSR count). The summed E-state index contributed by atoms with van der Waals surface area (Å²) in [6.07, 6.45) is 0. The van der Waals surface area contributed by atoms with Crippen molar-refractivity contribution < 1.29 is 0 Å². The molecule has 9 aromatic carbocycles. The Bertz CT molecular complexity index is 3180. The Morgan fingerprint density at radius 3 is 1.71 bits per heavy atom. The van der Waals surface area contributed by atoms with Crippen molar-refractivity contribution in [3.8, 4) is 27.9 Å². The van der Waals surface area contributed by atoms with Gasteiger partial charge in [-0.1, -0.05) is 133 Å². The molecule has 55 heavy (non-hydrogen) atoms. The van der Waals surface area contributed by atoms with Gasteiger partial charge in [0, 0.05) is 53.7 Å². The lowest BCUT2D eigenvalue weighted by Crippen LogP contribution is -2.09. The molecule has 3 heteroatoms. The van der Waals surface area contributed by atoms with E-state index in [1.54, 1.807) is 0 Å². The van der Waals surface area contributed by atoms with Crippen LogP contribution in [0, 0.1) is 0 Å². The van der Waals surface area contributed by atoms with E-state index >= 15 is 0 Å². The Hall–Kier alpha value is -6.94. The van der Waals surface area contributed by atoms with Crippen LogP contribution in [0.15, 0.2) is 206 Å². The lowest BCUT2D eigenvalue weighted by molar-refractivity contribution is 1.18. The molecular weight excluding hydrogens is 685 g/mol. The van der Waals surface area contributed by atoms with Gasteiger partial charge in [0.05, 0.1) is 11.0 Å². The third-order valence-electron chi connectivity index (χ3n) is 11.0. The highest BCUT2D eigenvalue weighted by atomic mass is 32.1. The fraction of sp³-hybridized carbons (Fsp3) is 0. The van der Waals surface area contributed by atoms with Crippen LogP contribution in [0.3, 0.4) is 0 Å². The first-order valence-electron chi connectivity index (χ1n) is 18.8. The van der Waals surface area contributed by atoms with Gasteiger partial charge in [-0.3, -0.25) is 0 Å². The Kier molecular flexibility index (Phi) is 7.39. The van der Waals surface area contributed by atoms with E-state index in [4.69, 9.17) is 0 Å². The number of thiophene rings is 1. The summed E-state index contributed by atoms with van der Waals surface area (Å²) in [4.78, 5) is 2.36. The van der Waals surface area contributed by atoms with Gasteiger partial charge in [0.2, 0.25) is 0 Å². The first-order chi connectivity index (χ1) is 27.3. The van der Waals surface area contributed by atoms with E-state index in [1.807, 2.05) is 11.3 Å². The molecule has 2 heterocycles. The summed E-state index contributed by atoms with van der Waals surface area (Å²) in [5, 5.41) is 7.69. The van der Waals surface area contributed by atoms with Crippen molar-refractivity contribution in [2.45, 2.75) is 0 Å². The number of aromatic nitrogens is 1. The highest BCUT2D eigenvalue weighted by Gasteiger charge is 2.19. The summed E-state index contributed by atoms with van der Waals surface area (Å²) >= 11 is 1.90. The van der Waals surface area contributed by atoms with Gasteiger partial charge in [0.1, 0.15) is 0 Å². The average molecular weight is 719 g/mol. The molecule has 0 fully saturated rings. The number of benzene rings is 9. The molecule has 2 nitrogen and oxygen atoms in total. The highest BCUT2D eigenvalue weighted by Crippen LogP contribution is 2.44. The Labute approximate surface area is 323 Å². The lowest BCUT2D eigenvalue weighted by atomic mass is 10.0. The zero-order valence-electron chi connectivity index (χ0n) is 29.9. The minimum Gasteiger partial charge on any atom is -0.310 e. The van der Waals surface area contributed by atoms with E-state index in [-0.39, 0.29) is 0 Å². The summed E-state index contributed by atoms with van der Waals surface area (Å²) in [6.45, 7) is 0. The largest absolute Gasteiger partial charge is 0.310 e. The van der Waals surface area contributed by atoms with Gasteiger partial charge in [-0.25, -0.2) is 0 Å². The molecule has 258 valence electrons. The van der Waals surface area contributed by atoms with Gasteiger partial charge in [-0.15, -0.1) is 11.3 Å². The summed E-state index contributed by atoms with van der Waals surface area (Å²) in [7, 11) is 0. The van der Waals surface area contributed by atoms with E-state index < -0.39 is 0 Å². The van der Waals surface area contributed by atoms with E-state index in [0.29, 0.717) is 0 Å². The molecule has 0 unspecified atom stereocenters. The van der Waals surface area contributed by atoms with Crippen molar-refractivity contribution in [3.63, 3.8) is 0 Å². The van der Waals surface area contributed by atoms with Crippen molar-refractivity contribution in [1.29, 1.82) is 0 Å². The second kappa shape index (κ2) is 12.9. The average Bonchev–Trinajstić information content (AvgIpc) is 3.80. The summed E-state index contributed by atoms with van der Waals surface area (Å²) in [5.74, 6) is 0. The van der Waals surface area contributed by atoms with E-state index in [9.17, 15) is 0 Å². The second-order valence-electron chi connectivity index (χ2n) is 14.2. The number of fused-ring (bicyclic) bond motifs is 8. The standard InChI is InChI=1S/C52H34N2S/c1-3-11-35(12-4-1)37-19-25-42(26-20-37)53(44-29-23-36-13-7-8-14-39(36)33-44)43-27-21-38(22-28-43)40-24-31-48-47(34-40)51-49(54(48)41-15-5-2-6-16-41)32-30-46-45-17-9-10-18-50(45)55-52(46)51/h1-34H. The molecule has 0 bridgehead atoms. The number of anilines is 3. The second-order valence-corrected chi connectivity index (χ2v) is 15.2. The lowest BCUT2D eigenvalue weighted by Gasteiger charge is -2.26. The molecule has 0 aliphatic rings. The number of rotatable bonds is 6. The van der Waals surface area contributed by atoms with Crippen LogP contribution in [0.5, 0.6) is 0 Å². The monoisotopic (exact) mass is 718 g/mol. The topological polar surface area (TPSA) is 8.17 Å². The fourth-order valence-corrected chi connectivity index (χ4v) is 9.58. The van der Waals surface area contributed by atoms with Crippen LogP contribution >= 0.6 is 11.3 Å². The summed E-state index contributed by atoms with van der Waals surface area (Å²) in [6, 6.07) is 75.0. The predicted molar refractivity (Wildman–Crippen MR) is 237 cm³/mol. The van der Waals surface area contributed by atoms with Crippen LogP contribution in [0.1, 0.15) is 0 Å². The van der Waals surface area contributed by atoms with Gasteiger partial charge in [-0.05, 0) is 106 Å². The van der Waals surface area contributed by atoms with Crippen molar-refractivity contribution >= 4 is 81.1 Å². The summed E-state index contributed by atoms with van der Waals surface area (Å²) in [5.41, 5.74) is 11.8. The molecule has 0 aliphatic heterocycles. The molecular formula is C52H34N2S. The first-order valence-corrected chi connectivity index (χ1v) is 19.6. The molecule has 11 aromatic rings. The maximum absolute atomic E-state index is 2.42. The third-order valence-corrected chi connectivity index (χ3v) is 12.2. The molecule has 0 spiro atoms. The van der Waals surface area contributed by atoms with E-state index in [0.717, 1.165) is 17.1 Å². The maximum Gasteiger partial charge on any atom is 0.0555 e. The normalized spacial score (nSPS) is 11.6. The van der Waals surface area contributed by atoms with Crippen LogP contribution in [0.4, 0.5) is 17.1 Å². The zero-order valence-corrected chi connectivity index (χ0v) is 30.7. The molecule has 0 atom stereocenters. The van der Waals surface area contributed by atoms with E-state index in [2.05, 4.69) is 216 Å². The molecule has 0 N–H and O–H groups in total. The van der Waals surface area contributed by atoms with Gasteiger partial charge in [0.25, 0.3) is 0 Å². The highest BCUT2D eigenvalue weighted by molar-refractivity contribution is 7.26. The van der Waals surface area contributed by atoms with Crippen molar-refractivity contribution in [3.05, 3.63) is 206 Å². The predicted octanol–water partition coefficient (Wildman–Crippen LogP) is 15.1. The summed E-state index contributed by atoms with van der Waals surface area (Å²) < 4.78 is 5.09. The zero-order chi connectivity index (χ0) is 36.3. The molecule has 0 saturated heterocycles. The minimum absolute atomic E-state index is 1.11. The van der Waals surface area contributed by atoms with Crippen LogP contribution in [-0.2, 0) is 0 Å². The van der Waals surface area contributed by atoms with Crippen LogP contribution < -0.4 is 4.90 Å². The van der Waals surface area contributed by atoms with Crippen molar-refractivity contribution in [1.82, 2.24) is 4.57 Å². The first kappa shape index (κ1) is 31.6. The van der Waals surface area contributed by atoms with E-state index in [1.165, 1.54) is 80.7 Å². The number of hydrogen-bond acceptors (Lipinski definition) is 2. The SMILES string of the molecule is c1ccc(-c2ccc(N(c3ccc(-c4ccc5c(c4)c4c6sc7ccccc7c6ccc4n5-c4ccccc4)cc3)c3ccc4ccccc4c3)cc2)cc1. The third kappa shape index (κ3) is 5.32. The van der Waals surface area contributed by atoms with Crippen LogP contribution in [0.25, 0.3) is 80.7 Å². The Balaban J connectivity index is 1.05. The number of para-hydroxylation sites is 1. The smallest absolute Gasteiger partial charge is 0.0555 e. The maximum atomic E-state index is 2.42. The van der Waals surface area contributed by atoms with Crippen molar-refractivity contribution in [2.24, 2.45) is 0 Å². The van der Waals surface area contributed by atoms with Gasteiger partial charge >= 0.3 is 0 Å². The fourth-order valence-electron chi connectivity index (χ4n) is 8.32. The van der Waals surface area contributed by atoms with Gasteiger partial charge in [-0.2, -0.15) is 0 Å². The van der Waals surface area contributed by atoms with Gasteiger partial charge in [0.15, 0.2) is 0 Å². The van der Waals surface area contributed by atoms with Crippen LogP contribution in [-0.4, -0.2) is 4.57 Å². The molecule has 2 aromatic heterocycles. The van der Waals surface area contributed by atoms with Gasteiger partial charge < -0.3 is 9.47 Å². The van der Waals surface area contributed by atoms with Crippen molar-refractivity contribution in [2.75, 3.05) is 4.90 Å². The number of nitrogens with zero attached hydrogens (tertiary/aromatic N) is 2.